The Morgan fingerprint density at radius 1 is 1.25 bits per heavy atom. The van der Waals surface area contributed by atoms with Gasteiger partial charge in [0.1, 0.15) is 18.3 Å². The Morgan fingerprint density at radius 2 is 2.04 bits per heavy atom. The number of hydrogen-bond donors (Lipinski definition) is 1. The Hall–Kier alpha value is -2.16. The molecular formula is C19H21F4N5. The molecule has 5 nitrogen and oxygen atoms in total. The molecule has 2 N–H and O–H groups in total. The third-order valence-electron chi connectivity index (χ3n) is 6.28. The van der Waals surface area contributed by atoms with Crippen molar-refractivity contribution in [1.29, 1.82) is 0 Å². The van der Waals surface area contributed by atoms with Crippen molar-refractivity contribution in [2.45, 2.75) is 43.4 Å². The van der Waals surface area contributed by atoms with E-state index >= 15 is 0 Å². The van der Waals surface area contributed by atoms with E-state index in [-0.39, 0.29) is 18.8 Å². The van der Waals surface area contributed by atoms with Gasteiger partial charge in [-0.1, -0.05) is 0 Å². The first-order valence-electron chi connectivity index (χ1n) is 9.58. The van der Waals surface area contributed by atoms with Crippen LogP contribution in [0.25, 0.3) is 11.3 Å². The Morgan fingerprint density at radius 3 is 2.71 bits per heavy atom. The molecule has 0 spiro atoms. The molecule has 28 heavy (non-hydrogen) atoms. The first-order valence-corrected chi connectivity index (χ1v) is 9.58. The summed E-state index contributed by atoms with van der Waals surface area (Å²) in [7, 11) is 0. The van der Waals surface area contributed by atoms with Crippen molar-refractivity contribution in [3.8, 4) is 11.3 Å². The number of fused-ring (bicyclic) bond motifs is 1. The van der Waals surface area contributed by atoms with Crippen molar-refractivity contribution in [3.05, 3.63) is 29.8 Å². The molecule has 2 saturated heterocycles. The van der Waals surface area contributed by atoms with Crippen LogP contribution in [0.5, 0.6) is 0 Å². The van der Waals surface area contributed by atoms with Crippen LogP contribution in [0.15, 0.2) is 18.5 Å². The molecule has 2 saturated carbocycles. The van der Waals surface area contributed by atoms with Crippen molar-refractivity contribution in [1.82, 2.24) is 19.4 Å². The van der Waals surface area contributed by atoms with Crippen LogP contribution in [-0.2, 0) is 6.18 Å². The maximum Gasteiger partial charge on any atom is 0.419 e. The van der Waals surface area contributed by atoms with E-state index in [1.54, 1.807) is 0 Å². The summed E-state index contributed by atoms with van der Waals surface area (Å²) in [5.74, 6) is 1.21. The van der Waals surface area contributed by atoms with Crippen molar-refractivity contribution in [3.63, 3.8) is 0 Å². The quantitative estimate of drug-likeness (QED) is 0.786. The summed E-state index contributed by atoms with van der Waals surface area (Å²) in [5.41, 5.74) is 5.29. The molecule has 4 fully saturated rings. The number of rotatable bonds is 5. The molecule has 0 amide bonds. The number of pyridine rings is 1. The molecule has 3 atom stereocenters. The van der Waals surface area contributed by atoms with E-state index < -0.39 is 17.6 Å². The third-order valence-corrected chi connectivity index (χ3v) is 6.28. The van der Waals surface area contributed by atoms with Crippen molar-refractivity contribution >= 4 is 5.82 Å². The van der Waals surface area contributed by atoms with Gasteiger partial charge < -0.3 is 10.3 Å². The van der Waals surface area contributed by atoms with Crippen LogP contribution in [0.1, 0.15) is 42.6 Å². The van der Waals surface area contributed by atoms with Gasteiger partial charge in [-0.05, 0) is 31.2 Å². The minimum Gasteiger partial charge on any atom is -0.383 e. The van der Waals surface area contributed by atoms with Crippen molar-refractivity contribution < 1.29 is 17.6 Å². The van der Waals surface area contributed by atoms with Crippen LogP contribution in [-0.4, -0.2) is 45.2 Å². The summed E-state index contributed by atoms with van der Waals surface area (Å²) in [6.07, 6.45) is 1.77. The minimum absolute atomic E-state index is 0.229. The predicted octanol–water partition coefficient (Wildman–Crippen LogP) is 3.64. The molecule has 2 aliphatic carbocycles. The van der Waals surface area contributed by atoms with E-state index in [0.29, 0.717) is 29.6 Å². The number of alkyl halides is 4. The van der Waals surface area contributed by atoms with Crippen molar-refractivity contribution in [2.24, 2.45) is 5.92 Å². The highest BCUT2D eigenvalue weighted by Crippen LogP contribution is 2.52. The van der Waals surface area contributed by atoms with Gasteiger partial charge in [0.15, 0.2) is 0 Å². The van der Waals surface area contributed by atoms with Gasteiger partial charge in [-0.2, -0.15) is 13.2 Å². The van der Waals surface area contributed by atoms with Gasteiger partial charge in [-0.3, -0.25) is 4.90 Å². The van der Waals surface area contributed by atoms with Gasteiger partial charge in [-0.25, -0.2) is 14.4 Å². The fraction of sp³-hybridized carbons (Fsp3) is 0.579. The van der Waals surface area contributed by atoms with E-state index in [2.05, 4.69) is 19.4 Å². The zero-order chi connectivity index (χ0) is 19.6. The van der Waals surface area contributed by atoms with E-state index in [9.17, 15) is 17.6 Å². The van der Waals surface area contributed by atoms with Gasteiger partial charge in [0, 0.05) is 43.0 Å². The van der Waals surface area contributed by atoms with E-state index in [1.807, 2.05) is 6.20 Å². The normalized spacial score (nSPS) is 27.2. The Balaban J connectivity index is 1.51. The number of nitrogens with two attached hydrogens (primary N) is 1. The molecule has 0 radical (unpaired) electrons. The molecule has 2 aromatic rings. The molecule has 2 bridgehead atoms. The van der Waals surface area contributed by atoms with E-state index in [4.69, 9.17) is 5.73 Å². The summed E-state index contributed by atoms with van der Waals surface area (Å²) in [4.78, 5) is 10.6. The van der Waals surface area contributed by atoms with Gasteiger partial charge in [0.05, 0.1) is 17.3 Å². The second-order valence-electron chi connectivity index (χ2n) is 8.06. The highest BCUT2D eigenvalue weighted by atomic mass is 19.4. The Bertz CT molecular complexity index is 904. The third kappa shape index (κ3) is 2.78. The van der Waals surface area contributed by atoms with Crippen LogP contribution in [0.2, 0.25) is 0 Å². The highest BCUT2D eigenvalue weighted by Gasteiger charge is 2.53. The number of nitrogen functional groups attached to an aromatic ring is 1. The van der Waals surface area contributed by atoms with Gasteiger partial charge >= 0.3 is 6.18 Å². The SMILES string of the molecule is Nc1ncc(-c2cn([C@@H]3C4C[C@H]3CN4CCF)c(C3CC3)n2)cc1C(F)(F)F. The van der Waals surface area contributed by atoms with Gasteiger partial charge in [0.2, 0.25) is 0 Å². The van der Waals surface area contributed by atoms with Gasteiger partial charge in [0.25, 0.3) is 0 Å². The lowest BCUT2D eigenvalue weighted by Crippen LogP contribution is -2.41. The lowest BCUT2D eigenvalue weighted by molar-refractivity contribution is -0.137. The maximum atomic E-state index is 13.2. The standard InChI is InChI=1S/C19H21F4N5/c20-3-4-27-8-12-6-15(27)16(12)28-9-14(26-18(28)10-1-2-10)11-5-13(19(21,22)23)17(24)25-7-11/h5,7,9-10,12,15-16H,1-4,6,8H2,(H2,24,25)/t12-,15?,16-/m0/s1. The first-order chi connectivity index (χ1) is 13.4. The molecule has 150 valence electrons. The molecule has 1 unspecified atom stereocenters. The molecule has 2 aliphatic heterocycles. The smallest absolute Gasteiger partial charge is 0.383 e. The lowest BCUT2D eigenvalue weighted by atomic mass is 9.79. The van der Waals surface area contributed by atoms with E-state index in [1.165, 1.54) is 6.20 Å². The molecular weight excluding hydrogens is 374 g/mol. The fourth-order valence-electron chi connectivity index (χ4n) is 4.74. The minimum atomic E-state index is -4.56. The molecule has 4 heterocycles. The number of aromatic nitrogens is 3. The number of nitrogens with zero attached hydrogens (tertiary/aromatic N) is 4. The van der Waals surface area contributed by atoms with Crippen molar-refractivity contribution in [2.75, 3.05) is 25.5 Å². The molecule has 0 aromatic carbocycles. The van der Waals surface area contributed by atoms with E-state index in [0.717, 1.165) is 37.7 Å². The first kappa shape index (κ1) is 17.9. The van der Waals surface area contributed by atoms with Crippen LogP contribution in [0.3, 0.4) is 0 Å². The van der Waals surface area contributed by atoms with Crippen LogP contribution in [0.4, 0.5) is 23.4 Å². The number of hydrogen-bond acceptors (Lipinski definition) is 4. The summed E-state index contributed by atoms with van der Waals surface area (Å²) < 4.78 is 54.6. The zero-order valence-electron chi connectivity index (χ0n) is 15.2. The molecule has 2 aromatic heterocycles. The lowest BCUT2D eigenvalue weighted by Gasteiger charge is -2.38. The van der Waals surface area contributed by atoms with Crippen LogP contribution < -0.4 is 5.73 Å². The summed E-state index contributed by atoms with van der Waals surface area (Å²) in [5, 5.41) is 0. The highest BCUT2D eigenvalue weighted by molar-refractivity contribution is 5.62. The molecule has 9 heteroatoms. The zero-order valence-corrected chi connectivity index (χ0v) is 15.2. The topological polar surface area (TPSA) is 60.0 Å². The maximum absolute atomic E-state index is 13.2. The predicted molar refractivity (Wildman–Crippen MR) is 95.3 cm³/mol. The molecule has 4 aliphatic rings. The second-order valence-corrected chi connectivity index (χ2v) is 8.06. The summed E-state index contributed by atoms with van der Waals surface area (Å²) >= 11 is 0. The largest absolute Gasteiger partial charge is 0.419 e. The van der Waals surface area contributed by atoms with Crippen LogP contribution in [0, 0.1) is 5.92 Å². The van der Waals surface area contributed by atoms with Crippen LogP contribution >= 0.6 is 0 Å². The Kier molecular flexibility index (Phi) is 3.94. The second kappa shape index (κ2) is 6.17. The van der Waals surface area contributed by atoms with Gasteiger partial charge in [-0.15, -0.1) is 0 Å². The summed E-state index contributed by atoms with van der Waals surface area (Å²) in [6.45, 7) is 0.950. The Labute approximate surface area is 159 Å². The monoisotopic (exact) mass is 395 g/mol. The average molecular weight is 395 g/mol. The fourth-order valence-corrected chi connectivity index (χ4v) is 4.74. The average Bonchev–Trinajstić information content (AvgIpc) is 3.09. The number of halogens is 4. The number of anilines is 1. The summed E-state index contributed by atoms with van der Waals surface area (Å²) in [6, 6.07) is 1.54. The molecule has 6 rings (SSSR count). The number of imidazole rings is 1.